The summed E-state index contributed by atoms with van der Waals surface area (Å²) in [6.45, 7) is 11.0. The molecule has 0 aliphatic carbocycles. The van der Waals surface area contributed by atoms with E-state index in [1.807, 2.05) is 13.8 Å². The molecule has 118 valence electrons. The van der Waals surface area contributed by atoms with Crippen LogP contribution in [0.5, 0.6) is 0 Å². The minimum atomic E-state index is -0.223. The molecule has 0 amide bonds. The molecule has 0 spiro atoms. The molecule has 1 atom stereocenters. The molecule has 1 rings (SSSR count). The van der Waals surface area contributed by atoms with Gasteiger partial charge >= 0.3 is 0 Å². The first-order valence-corrected chi connectivity index (χ1v) is 7.81. The van der Waals surface area contributed by atoms with Gasteiger partial charge in [0.25, 0.3) is 0 Å². The molecule has 0 aromatic heterocycles. The minimum absolute atomic E-state index is 0.223. The zero-order chi connectivity index (χ0) is 15.2. The van der Waals surface area contributed by atoms with Gasteiger partial charge in [-0.15, -0.1) is 0 Å². The van der Waals surface area contributed by atoms with Gasteiger partial charge in [0.1, 0.15) is 5.84 Å². The lowest BCUT2D eigenvalue weighted by Crippen LogP contribution is -2.41. The molecule has 0 radical (unpaired) electrons. The summed E-state index contributed by atoms with van der Waals surface area (Å²) >= 11 is 0. The lowest BCUT2D eigenvalue weighted by Gasteiger charge is -2.31. The second-order valence-corrected chi connectivity index (χ2v) is 6.69. The largest absolute Gasteiger partial charge is 0.409 e. The van der Waals surface area contributed by atoms with Crippen molar-refractivity contribution in [3.05, 3.63) is 0 Å². The Morgan fingerprint density at radius 2 is 2.10 bits per heavy atom. The predicted octanol–water partition coefficient (Wildman–Crippen LogP) is 1.96. The zero-order valence-electron chi connectivity index (χ0n) is 13.6. The van der Waals surface area contributed by atoms with E-state index in [0.29, 0.717) is 11.9 Å². The van der Waals surface area contributed by atoms with Crippen LogP contribution in [0.4, 0.5) is 0 Å². The molecule has 0 aromatic carbocycles. The molecule has 1 fully saturated rings. The van der Waals surface area contributed by atoms with Crippen molar-refractivity contribution in [3.63, 3.8) is 0 Å². The average molecular weight is 284 g/mol. The van der Waals surface area contributed by atoms with E-state index >= 15 is 0 Å². The Morgan fingerprint density at radius 3 is 2.70 bits per heavy atom. The third-order valence-corrected chi connectivity index (χ3v) is 4.54. The van der Waals surface area contributed by atoms with Gasteiger partial charge in [-0.1, -0.05) is 25.9 Å². The van der Waals surface area contributed by atoms with Gasteiger partial charge in [0, 0.05) is 18.0 Å². The Morgan fingerprint density at radius 1 is 1.40 bits per heavy atom. The maximum atomic E-state index is 8.81. The summed E-state index contributed by atoms with van der Waals surface area (Å²) in [5, 5.41) is 12.0. The van der Waals surface area contributed by atoms with Crippen molar-refractivity contribution < 1.29 is 5.21 Å². The SMILES string of the molecule is CCC1CN(C)CCCN1CCCC(C)(C)C(N)=NO. The van der Waals surface area contributed by atoms with Gasteiger partial charge < -0.3 is 15.8 Å². The van der Waals surface area contributed by atoms with Crippen LogP contribution in [0.15, 0.2) is 5.16 Å². The summed E-state index contributed by atoms with van der Waals surface area (Å²) in [6.07, 6.45) is 4.49. The van der Waals surface area contributed by atoms with Crippen LogP contribution in [0.25, 0.3) is 0 Å². The second kappa shape index (κ2) is 7.84. The van der Waals surface area contributed by atoms with Crippen LogP contribution < -0.4 is 5.73 Å². The molecule has 0 bridgehead atoms. The van der Waals surface area contributed by atoms with E-state index in [2.05, 4.69) is 28.9 Å². The Labute approximate surface area is 123 Å². The molecule has 5 heteroatoms. The van der Waals surface area contributed by atoms with E-state index in [9.17, 15) is 0 Å². The molecule has 0 aromatic rings. The Kier molecular flexibility index (Phi) is 6.76. The smallest absolute Gasteiger partial charge is 0.144 e. The molecule has 1 aliphatic rings. The molecule has 1 aliphatic heterocycles. The average Bonchev–Trinajstić information content (AvgIpc) is 2.59. The van der Waals surface area contributed by atoms with Gasteiger partial charge in [0.15, 0.2) is 0 Å². The summed E-state index contributed by atoms with van der Waals surface area (Å²) < 4.78 is 0. The Bertz CT molecular complexity index is 317. The number of amidine groups is 1. The van der Waals surface area contributed by atoms with E-state index < -0.39 is 0 Å². The molecular weight excluding hydrogens is 252 g/mol. The molecular formula is C15H32N4O. The fourth-order valence-electron chi connectivity index (χ4n) is 2.96. The highest BCUT2D eigenvalue weighted by Gasteiger charge is 2.25. The number of nitrogens with zero attached hydrogens (tertiary/aromatic N) is 3. The monoisotopic (exact) mass is 284 g/mol. The molecule has 20 heavy (non-hydrogen) atoms. The number of hydrogen-bond donors (Lipinski definition) is 2. The van der Waals surface area contributed by atoms with Crippen molar-refractivity contribution in [2.75, 3.05) is 33.2 Å². The first kappa shape index (κ1) is 17.2. The normalized spacial score (nSPS) is 23.8. The van der Waals surface area contributed by atoms with Gasteiger partial charge in [-0.25, -0.2) is 0 Å². The van der Waals surface area contributed by atoms with Crippen LogP contribution >= 0.6 is 0 Å². The number of likely N-dealkylation sites (N-methyl/N-ethyl adjacent to an activating group) is 1. The van der Waals surface area contributed by atoms with E-state index in [1.165, 1.54) is 32.5 Å². The topological polar surface area (TPSA) is 65.1 Å². The minimum Gasteiger partial charge on any atom is -0.409 e. The third-order valence-electron chi connectivity index (χ3n) is 4.54. The molecule has 1 unspecified atom stereocenters. The lowest BCUT2D eigenvalue weighted by atomic mass is 9.86. The number of rotatable bonds is 6. The second-order valence-electron chi connectivity index (χ2n) is 6.69. The summed E-state index contributed by atoms with van der Waals surface area (Å²) in [7, 11) is 2.22. The maximum absolute atomic E-state index is 8.81. The maximum Gasteiger partial charge on any atom is 0.144 e. The van der Waals surface area contributed by atoms with Gasteiger partial charge in [-0.3, -0.25) is 4.90 Å². The highest BCUT2D eigenvalue weighted by molar-refractivity contribution is 5.85. The summed E-state index contributed by atoms with van der Waals surface area (Å²) in [6, 6.07) is 0.662. The van der Waals surface area contributed by atoms with Crippen molar-refractivity contribution >= 4 is 5.84 Å². The molecule has 3 N–H and O–H groups in total. The van der Waals surface area contributed by atoms with Gasteiger partial charge in [0.2, 0.25) is 0 Å². The van der Waals surface area contributed by atoms with Crippen LogP contribution in [-0.4, -0.2) is 60.1 Å². The highest BCUT2D eigenvalue weighted by Crippen LogP contribution is 2.23. The Balaban J connectivity index is 2.47. The molecule has 1 heterocycles. The summed E-state index contributed by atoms with van der Waals surface area (Å²) in [4.78, 5) is 5.06. The van der Waals surface area contributed by atoms with E-state index in [-0.39, 0.29) is 5.41 Å². The van der Waals surface area contributed by atoms with Crippen LogP contribution in [-0.2, 0) is 0 Å². The van der Waals surface area contributed by atoms with Crippen molar-refractivity contribution in [1.82, 2.24) is 9.80 Å². The van der Waals surface area contributed by atoms with E-state index in [4.69, 9.17) is 10.9 Å². The van der Waals surface area contributed by atoms with Gasteiger partial charge in [-0.2, -0.15) is 0 Å². The van der Waals surface area contributed by atoms with E-state index in [0.717, 1.165) is 19.4 Å². The van der Waals surface area contributed by atoms with E-state index in [1.54, 1.807) is 0 Å². The molecule has 0 saturated carbocycles. The van der Waals surface area contributed by atoms with Crippen LogP contribution in [0.2, 0.25) is 0 Å². The lowest BCUT2D eigenvalue weighted by molar-refractivity contribution is 0.176. The standard InChI is InChI=1S/C15H32N4O/c1-5-13-12-18(4)9-7-11-19(13)10-6-8-15(2,3)14(16)17-20/h13,20H,5-12H2,1-4H3,(H2,16,17). The number of nitrogens with two attached hydrogens (primary N) is 1. The first-order valence-electron chi connectivity index (χ1n) is 7.81. The summed E-state index contributed by atoms with van der Waals surface area (Å²) in [5.41, 5.74) is 5.52. The van der Waals surface area contributed by atoms with Crippen LogP contribution in [0.1, 0.15) is 46.5 Å². The van der Waals surface area contributed by atoms with Crippen LogP contribution in [0.3, 0.4) is 0 Å². The van der Waals surface area contributed by atoms with Crippen molar-refractivity contribution in [3.8, 4) is 0 Å². The predicted molar refractivity (Wildman–Crippen MR) is 84.2 cm³/mol. The zero-order valence-corrected chi connectivity index (χ0v) is 13.6. The van der Waals surface area contributed by atoms with Crippen LogP contribution in [0, 0.1) is 5.41 Å². The van der Waals surface area contributed by atoms with Gasteiger partial charge in [0.05, 0.1) is 0 Å². The van der Waals surface area contributed by atoms with Gasteiger partial charge in [-0.05, 0) is 52.4 Å². The van der Waals surface area contributed by atoms with Crippen molar-refractivity contribution in [1.29, 1.82) is 0 Å². The third kappa shape index (κ3) is 4.94. The fraction of sp³-hybridized carbons (Fsp3) is 0.933. The van der Waals surface area contributed by atoms with Crippen molar-refractivity contribution in [2.45, 2.75) is 52.5 Å². The number of oxime groups is 1. The molecule has 1 saturated heterocycles. The summed E-state index contributed by atoms with van der Waals surface area (Å²) in [5.74, 6) is 0.333. The Hall–Kier alpha value is -0.810. The quantitative estimate of drug-likeness (QED) is 0.339. The molecule has 5 nitrogen and oxygen atoms in total. The number of hydrogen-bond acceptors (Lipinski definition) is 4. The van der Waals surface area contributed by atoms with Crippen molar-refractivity contribution in [2.24, 2.45) is 16.3 Å². The first-order chi connectivity index (χ1) is 9.40. The highest BCUT2D eigenvalue weighted by atomic mass is 16.4. The fourth-order valence-corrected chi connectivity index (χ4v) is 2.96.